The zero-order valence-corrected chi connectivity index (χ0v) is 11.0. The molecule has 0 aliphatic carbocycles. The van der Waals surface area contributed by atoms with E-state index in [1.165, 1.54) is 4.68 Å². The molecule has 0 fully saturated rings. The third-order valence-corrected chi connectivity index (χ3v) is 2.73. The predicted molar refractivity (Wildman–Crippen MR) is 68.3 cm³/mol. The van der Waals surface area contributed by atoms with Crippen LogP contribution >= 0.6 is 0 Å². The van der Waals surface area contributed by atoms with Gasteiger partial charge in [0, 0.05) is 18.0 Å². The first kappa shape index (κ1) is 12.9. The van der Waals surface area contributed by atoms with Crippen molar-refractivity contribution in [1.82, 2.24) is 30.1 Å². The fourth-order valence-electron chi connectivity index (χ4n) is 1.89. The summed E-state index contributed by atoms with van der Waals surface area (Å²) in [4.78, 5) is 19.3. The summed E-state index contributed by atoms with van der Waals surface area (Å²) in [7, 11) is 0. The maximum absolute atomic E-state index is 11.3. The summed E-state index contributed by atoms with van der Waals surface area (Å²) >= 11 is 0. The highest BCUT2D eigenvalue weighted by Crippen LogP contribution is 2.22. The number of carboxylic acid groups (broad SMARTS) is 1. The first-order chi connectivity index (χ1) is 10.1. The van der Waals surface area contributed by atoms with Gasteiger partial charge >= 0.3 is 5.97 Å². The molecular weight excluding hydrogens is 276 g/mol. The summed E-state index contributed by atoms with van der Waals surface area (Å²) in [6, 6.07) is 3.43. The lowest BCUT2D eigenvalue weighted by molar-refractivity contribution is 0.0691. The van der Waals surface area contributed by atoms with Gasteiger partial charge in [-0.25, -0.2) is 9.48 Å². The molecule has 1 N–H and O–H groups in total. The maximum atomic E-state index is 11.3. The normalized spacial score (nSPS) is 10.7. The molecule has 21 heavy (non-hydrogen) atoms. The minimum absolute atomic E-state index is 0.130. The molecule has 0 saturated heterocycles. The maximum Gasteiger partial charge on any atom is 0.358 e. The van der Waals surface area contributed by atoms with Crippen molar-refractivity contribution >= 4 is 5.97 Å². The van der Waals surface area contributed by atoms with Gasteiger partial charge < -0.3 is 9.63 Å². The van der Waals surface area contributed by atoms with Crippen LogP contribution in [-0.4, -0.2) is 41.2 Å². The Balaban J connectivity index is 2.07. The molecule has 3 aromatic rings. The number of aromatic carboxylic acids is 1. The van der Waals surface area contributed by atoms with E-state index >= 15 is 0 Å². The van der Waals surface area contributed by atoms with Crippen LogP contribution in [0.2, 0.25) is 0 Å². The number of hydrogen-bond acceptors (Lipinski definition) is 7. The molecule has 0 aliphatic heterocycles. The molecule has 9 heteroatoms. The largest absolute Gasteiger partial charge is 0.476 e. The van der Waals surface area contributed by atoms with Gasteiger partial charge in [0.1, 0.15) is 12.2 Å². The fraction of sp³-hybridized carbons (Fsp3) is 0.167. The molecule has 0 aromatic carbocycles. The van der Waals surface area contributed by atoms with E-state index < -0.39 is 5.97 Å². The Kier molecular flexibility index (Phi) is 3.14. The van der Waals surface area contributed by atoms with E-state index in [1.807, 2.05) is 0 Å². The average molecular weight is 286 g/mol. The van der Waals surface area contributed by atoms with Crippen LogP contribution in [0.3, 0.4) is 0 Å². The molecule has 3 heterocycles. The summed E-state index contributed by atoms with van der Waals surface area (Å²) in [6.45, 7) is 1.82. The van der Waals surface area contributed by atoms with Crippen molar-refractivity contribution in [3.05, 3.63) is 41.9 Å². The number of aryl methyl sites for hydroxylation is 1. The smallest absolute Gasteiger partial charge is 0.358 e. The number of rotatable bonds is 4. The lowest BCUT2D eigenvalue weighted by Crippen LogP contribution is -2.06. The van der Waals surface area contributed by atoms with Gasteiger partial charge in [-0.3, -0.25) is 4.98 Å². The lowest BCUT2D eigenvalue weighted by Gasteiger charge is -2.04. The quantitative estimate of drug-likeness (QED) is 0.747. The Morgan fingerprint density at radius 2 is 2.33 bits per heavy atom. The topological polar surface area (TPSA) is 120 Å². The van der Waals surface area contributed by atoms with Crippen LogP contribution in [0.15, 0.2) is 29.0 Å². The second-order valence-electron chi connectivity index (χ2n) is 4.23. The van der Waals surface area contributed by atoms with Gasteiger partial charge in [-0.05, 0) is 19.1 Å². The van der Waals surface area contributed by atoms with Crippen LogP contribution in [0, 0.1) is 6.92 Å². The number of hydrogen-bond donors (Lipinski definition) is 1. The van der Waals surface area contributed by atoms with E-state index in [9.17, 15) is 9.90 Å². The Labute approximate surface area is 118 Å². The zero-order chi connectivity index (χ0) is 14.8. The molecule has 106 valence electrons. The summed E-state index contributed by atoms with van der Waals surface area (Å²) in [5.41, 5.74) is 0.779. The number of aromatic nitrogens is 6. The predicted octanol–water partition coefficient (Wildman–Crippen LogP) is 0.778. The monoisotopic (exact) mass is 286 g/mol. The van der Waals surface area contributed by atoms with Gasteiger partial charge in [-0.2, -0.15) is 4.98 Å². The third-order valence-electron chi connectivity index (χ3n) is 2.73. The van der Waals surface area contributed by atoms with Crippen LogP contribution in [0.25, 0.3) is 11.3 Å². The SMILES string of the molecule is Cc1noc(Cn2nnc(C(=O)O)c2-c2cccnc2)n1. The highest BCUT2D eigenvalue weighted by atomic mass is 16.5. The van der Waals surface area contributed by atoms with E-state index in [0.717, 1.165) is 0 Å². The number of nitrogens with zero attached hydrogens (tertiary/aromatic N) is 6. The van der Waals surface area contributed by atoms with Gasteiger partial charge in [0.15, 0.2) is 11.5 Å². The van der Waals surface area contributed by atoms with Gasteiger partial charge in [0.2, 0.25) is 5.89 Å². The molecular formula is C12H10N6O3. The van der Waals surface area contributed by atoms with Gasteiger partial charge in [-0.15, -0.1) is 5.10 Å². The Morgan fingerprint density at radius 3 is 2.95 bits per heavy atom. The molecule has 0 unspecified atom stereocenters. The van der Waals surface area contributed by atoms with Crippen LogP contribution < -0.4 is 0 Å². The van der Waals surface area contributed by atoms with E-state index in [2.05, 4.69) is 25.4 Å². The van der Waals surface area contributed by atoms with Crippen molar-refractivity contribution in [1.29, 1.82) is 0 Å². The molecule has 0 bridgehead atoms. The molecule has 9 nitrogen and oxygen atoms in total. The fourth-order valence-corrected chi connectivity index (χ4v) is 1.89. The summed E-state index contributed by atoms with van der Waals surface area (Å²) in [5.74, 6) is -0.354. The minimum atomic E-state index is -1.16. The average Bonchev–Trinajstić information content (AvgIpc) is 3.07. The van der Waals surface area contributed by atoms with Crippen molar-refractivity contribution in [2.45, 2.75) is 13.5 Å². The lowest BCUT2D eigenvalue weighted by atomic mass is 10.1. The summed E-state index contributed by atoms with van der Waals surface area (Å²) in [6.07, 6.45) is 3.14. The van der Waals surface area contributed by atoms with Crippen LogP contribution in [0.4, 0.5) is 0 Å². The first-order valence-electron chi connectivity index (χ1n) is 6.01. The Hall–Kier alpha value is -3.10. The van der Waals surface area contributed by atoms with E-state index in [-0.39, 0.29) is 12.2 Å². The van der Waals surface area contributed by atoms with Gasteiger partial charge in [0.25, 0.3) is 0 Å². The van der Waals surface area contributed by atoms with E-state index in [1.54, 1.807) is 31.5 Å². The Bertz CT molecular complexity index is 779. The Morgan fingerprint density at radius 1 is 1.48 bits per heavy atom. The second kappa shape index (κ2) is 5.12. The molecule has 3 rings (SSSR count). The van der Waals surface area contributed by atoms with Crippen LogP contribution in [0.5, 0.6) is 0 Å². The van der Waals surface area contributed by atoms with Crippen LogP contribution in [-0.2, 0) is 6.54 Å². The number of carbonyl (C=O) groups is 1. The second-order valence-corrected chi connectivity index (χ2v) is 4.23. The number of pyridine rings is 1. The van der Waals surface area contributed by atoms with Gasteiger partial charge in [0.05, 0.1) is 0 Å². The van der Waals surface area contributed by atoms with Crippen molar-refractivity contribution in [3.8, 4) is 11.3 Å². The minimum Gasteiger partial charge on any atom is -0.476 e. The highest BCUT2D eigenvalue weighted by Gasteiger charge is 2.21. The van der Waals surface area contributed by atoms with Crippen molar-refractivity contribution in [2.24, 2.45) is 0 Å². The highest BCUT2D eigenvalue weighted by molar-refractivity contribution is 5.92. The molecule has 0 aliphatic rings. The van der Waals surface area contributed by atoms with E-state index in [4.69, 9.17) is 4.52 Å². The molecule has 0 atom stereocenters. The molecule has 0 radical (unpaired) electrons. The van der Waals surface area contributed by atoms with Crippen molar-refractivity contribution in [2.75, 3.05) is 0 Å². The van der Waals surface area contributed by atoms with E-state index in [0.29, 0.717) is 23.0 Å². The molecule has 3 aromatic heterocycles. The van der Waals surface area contributed by atoms with Crippen LogP contribution in [0.1, 0.15) is 22.2 Å². The van der Waals surface area contributed by atoms with Crippen molar-refractivity contribution < 1.29 is 14.4 Å². The third kappa shape index (κ3) is 2.48. The molecule has 0 spiro atoms. The standard InChI is InChI=1S/C12H10N6O3/c1-7-14-9(21-16-7)6-18-11(8-3-2-4-13-5-8)10(12(19)20)15-17-18/h2-5H,6H2,1H3,(H,19,20). The summed E-state index contributed by atoms with van der Waals surface area (Å²) in [5, 5.41) is 20.4. The summed E-state index contributed by atoms with van der Waals surface area (Å²) < 4.78 is 6.41. The van der Waals surface area contributed by atoms with Crippen molar-refractivity contribution in [3.63, 3.8) is 0 Å². The molecule has 0 amide bonds. The zero-order valence-electron chi connectivity index (χ0n) is 11.0. The number of carboxylic acids is 1. The first-order valence-corrected chi connectivity index (χ1v) is 6.01. The molecule has 0 saturated carbocycles. The van der Waals surface area contributed by atoms with Gasteiger partial charge in [-0.1, -0.05) is 10.4 Å².